The fourth-order valence-corrected chi connectivity index (χ4v) is 1.60. The van der Waals surface area contributed by atoms with Gasteiger partial charge in [-0.3, -0.25) is 0 Å². The van der Waals surface area contributed by atoms with Crippen LogP contribution in [0.2, 0.25) is 0 Å². The van der Waals surface area contributed by atoms with Crippen molar-refractivity contribution in [3.05, 3.63) is 0 Å². The van der Waals surface area contributed by atoms with Crippen molar-refractivity contribution in [3.63, 3.8) is 0 Å². The summed E-state index contributed by atoms with van der Waals surface area (Å²) in [5.74, 6) is 1.50. The van der Waals surface area contributed by atoms with Gasteiger partial charge >= 0.3 is 0 Å². The molecule has 0 rings (SSSR count). The molecule has 0 aromatic rings. The van der Waals surface area contributed by atoms with Crippen LogP contribution in [0.1, 0.15) is 33.6 Å². The lowest BCUT2D eigenvalue weighted by molar-refractivity contribution is 0.467. The van der Waals surface area contributed by atoms with Gasteiger partial charge in [0.2, 0.25) is 0 Å². The van der Waals surface area contributed by atoms with Crippen LogP contribution in [0.25, 0.3) is 0 Å². The Hall–Kier alpha value is 0.110. The third kappa shape index (κ3) is 8.01. The van der Waals surface area contributed by atoms with Gasteiger partial charge in [0, 0.05) is 0 Å². The zero-order valence-electron chi connectivity index (χ0n) is 7.54. The SMILES string of the molecule is CC(C)CCC(C)CS(=O)O. The zero-order valence-corrected chi connectivity index (χ0v) is 8.36. The molecule has 1 N–H and O–H groups in total. The zero-order chi connectivity index (χ0) is 8.85. The van der Waals surface area contributed by atoms with E-state index in [-0.39, 0.29) is 0 Å². The molecular weight excluding hydrogens is 160 g/mol. The average Bonchev–Trinajstić information content (AvgIpc) is 1.82. The lowest BCUT2D eigenvalue weighted by Crippen LogP contribution is -2.07. The molecule has 0 aliphatic heterocycles. The van der Waals surface area contributed by atoms with Crippen molar-refractivity contribution in [2.45, 2.75) is 33.6 Å². The van der Waals surface area contributed by atoms with Gasteiger partial charge in [-0.25, -0.2) is 4.21 Å². The van der Waals surface area contributed by atoms with Gasteiger partial charge in [0.25, 0.3) is 0 Å². The second kappa shape index (κ2) is 5.72. The smallest absolute Gasteiger partial charge is 0.153 e. The van der Waals surface area contributed by atoms with Gasteiger partial charge in [-0.15, -0.1) is 0 Å². The topological polar surface area (TPSA) is 37.3 Å². The fraction of sp³-hybridized carbons (Fsp3) is 1.00. The first-order chi connectivity index (χ1) is 5.02. The molecule has 0 spiro atoms. The monoisotopic (exact) mass is 178 g/mol. The van der Waals surface area contributed by atoms with Crippen LogP contribution in [0.5, 0.6) is 0 Å². The van der Waals surface area contributed by atoms with Gasteiger partial charge < -0.3 is 4.55 Å². The highest BCUT2D eigenvalue weighted by molar-refractivity contribution is 7.79. The van der Waals surface area contributed by atoms with E-state index < -0.39 is 11.1 Å². The lowest BCUT2D eigenvalue weighted by Gasteiger charge is -2.09. The third-order valence-corrected chi connectivity index (χ3v) is 2.52. The Kier molecular flexibility index (Phi) is 5.78. The molecule has 0 aromatic heterocycles. The molecule has 0 amide bonds. The fourth-order valence-electron chi connectivity index (χ4n) is 0.945. The highest BCUT2D eigenvalue weighted by Gasteiger charge is 2.06. The van der Waals surface area contributed by atoms with Crippen LogP contribution in [-0.4, -0.2) is 14.5 Å². The predicted octanol–water partition coefficient (Wildman–Crippen LogP) is 2.28. The summed E-state index contributed by atoms with van der Waals surface area (Å²) in [6.07, 6.45) is 2.21. The summed E-state index contributed by atoms with van der Waals surface area (Å²) in [7, 11) is 0. The van der Waals surface area contributed by atoms with Crippen molar-refractivity contribution in [3.8, 4) is 0 Å². The first-order valence-electron chi connectivity index (χ1n) is 4.09. The van der Waals surface area contributed by atoms with Crippen LogP contribution in [0.3, 0.4) is 0 Å². The summed E-state index contributed by atoms with van der Waals surface area (Å²) in [6.45, 7) is 6.36. The minimum absolute atomic E-state index is 0.378. The molecule has 68 valence electrons. The van der Waals surface area contributed by atoms with Crippen LogP contribution in [0, 0.1) is 11.8 Å². The summed E-state index contributed by atoms with van der Waals surface area (Å²) in [6, 6.07) is 0. The van der Waals surface area contributed by atoms with Gasteiger partial charge in [0.15, 0.2) is 11.1 Å². The normalized spacial score (nSPS) is 16.8. The quantitative estimate of drug-likeness (QED) is 0.656. The Morgan fingerprint density at radius 2 is 1.82 bits per heavy atom. The molecule has 0 radical (unpaired) electrons. The van der Waals surface area contributed by atoms with Gasteiger partial charge in [-0.05, 0) is 18.3 Å². The van der Waals surface area contributed by atoms with E-state index in [4.69, 9.17) is 4.55 Å². The second-order valence-electron chi connectivity index (χ2n) is 3.56. The number of hydrogen-bond acceptors (Lipinski definition) is 1. The minimum Gasteiger partial charge on any atom is -0.306 e. The van der Waals surface area contributed by atoms with E-state index in [2.05, 4.69) is 13.8 Å². The molecular formula is C8H18O2S. The van der Waals surface area contributed by atoms with Crippen molar-refractivity contribution in [1.82, 2.24) is 0 Å². The molecule has 0 fully saturated rings. The van der Waals surface area contributed by atoms with Crippen LogP contribution in [0.15, 0.2) is 0 Å². The first kappa shape index (κ1) is 11.1. The van der Waals surface area contributed by atoms with Crippen LogP contribution in [-0.2, 0) is 11.1 Å². The van der Waals surface area contributed by atoms with Gasteiger partial charge in [0.05, 0.1) is 5.75 Å². The molecule has 2 unspecified atom stereocenters. The highest BCUT2D eigenvalue weighted by atomic mass is 32.2. The van der Waals surface area contributed by atoms with Gasteiger partial charge in [-0.1, -0.05) is 27.2 Å². The molecule has 0 saturated carbocycles. The van der Waals surface area contributed by atoms with Crippen molar-refractivity contribution in [2.24, 2.45) is 11.8 Å². The van der Waals surface area contributed by atoms with Crippen LogP contribution >= 0.6 is 0 Å². The Balaban J connectivity index is 3.37. The average molecular weight is 178 g/mol. The second-order valence-corrected chi connectivity index (χ2v) is 4.54. The molecule has 2 atom stereocenters. The Bertz CT molecular complexity index is 123. The van der Waals surface area contributed by atoms with Gasteiger partial charge in [0.1, 0.15) is 0 Å². The maximum atomic E-state index is 10.4. The highest BCUT2D eigenvalue weighted by Crippen LogP contribution is 2.11. The Morgan fingerprint density at radius 1 is 1.27 bits per heavy atom. The summed E-state index contributed by atoms with van der Waals surface area (Å²) >= 11 is -1.61. The molecule has 0 heterocycles. The van der Waals surface area contributed by atoms with Crippen molar-refractivity contribution in [2.75, 3.05) is 5.75 Å². The van der Waals surface area contributed by atoms with E-state index in [1.165, 1.54) is 0 Å². The number of hydrogen-bond donors (Lipinski definition) is 1. The van der Waals surface area contributed by atoms with Crippen LogP contribution in [0.4, 0.5) is 0 Å². The molecule has 0 saturated heterocycles. The summed E-state index contributed by atoms with van der Waals surface area (Å²) in [5, 5.41) is 0. The van der Waals surface area contributed by atoms with E-state index in [0.717, 1.165) is 12.8 Å². The maximum Gasteiger partial charge on any atom is 0.153 e. The Morgan fingerprint density at radius 3 is 2.18 bits per heavy atom. The lowest BCUT2D eigenvalue weighted by atomic mass is 10.0. The molecule has 3 heteroatoms. The largest absolute Gasteiger partial charge is 0.306 e. The van der Waals surface area contributed by atoms with E-state index in [9.17, 15) is 4.21 Å². The van der Waals surface area contributed by atoms with E-state index in [1.54, 1.807) is 0 Å². The number of rotatable bonds is 5. The molecule has 0 aliphatic rings. The first-order valence-corrected chi connectivity index (χ1v) is 5.37. The minimum atomic E-state index is -1.61. The predicted molar refractivity (Wildman–Crippen MR) is 48.9 cm³/mol. The van der Waals surface area contributed by atoms with Gasteiger partial charge in [-0.2, -0.15) is 0 Å². The molecule has 2 nitrogen and oxygen atoms in total. The molecule has 0 bridgehead atoms. The molecule has 0 aromatic carbocycles. The van der Waals surface area contributed by atoms with Crippen molar-refractivity contribution in [1.29, 1.82) is 0 Å². The van der Waals surface area contributed by atoms with E-state index in [1.807, 2.05) is 6.92 Å². The Labute approximate surface area is 71.7 Å². The van der Waals surface area contributed by atoms with E-state index in [0.29, 0.717) is 17.6 Å². The third-order valence-electron chi connectivity index (χ3n) is 1.66. The summed E-state index contributed by atoms with van der Waals surface area (Å²) in [5.41, 5.74) is 0. The molecule has 11 heavy (non-hydrogen) atoms. The maximum absolute atomic E-state index is 10.4. The summed E-state index contributed by atoms with van der Waals surface area (Å²) in [4.78, 5) is 0. The van der Waals surface area contributed by atoms with Crippen molar-refractivity contribution < 1.29 is 8.76 Å². The van der Waals surface area contributed by atoms with Crippen molar-refractivity contribution >= 4 is 11.1 Å². The summed E-state index contributed by atoms with van der Waals surface area (Å²) < 4.78 is 18.9. The molecule has 0 aliphatic carbocycles. The van der Waals surface area contributed by atoms with E-state index >= 15 is 0 Å². The standard InChI is InChI=1S/C8H18O2S/c1-7(2)4-5-8(3)6-11(9)10/h7-8H,4-6H2,1-3H3,(H,9,10). The van der Waals surface area contributed by atoms with Crippen LogP contribution < -0.4 is 0 Å².